The van der Waals surface area contributed by atoms with Gasteiger partial charge in [0.2, 0.25) is 0 Å². The summed E-state index contributed by atoms with van der Waals surface area (Å²) >= 11 is 0. The summed E-state index contributed by atoms with van der Waals surface area (Å²) in [5, 5.41) is 45.0. The van der Waals surface area contributed by atoms with Gasteiger partial charge in [0, 0.05) is 24.8 Å². The highest BCUT2D eigenvalue weighted by atomic mass is 17.1. The third kappa shape index (κ3) is 8.47. The number of aliphatic hydroxyl groups is 3. The monoisotopic (exact) mass is 680 g/mol. The number of hydrogen-bond donors (Lipinski definition) is 4. The number of ketones is 1. The standard InChI is InChI=1S/C34H48O14/c1-12-16(2)29(38)47-27-24(37)19(5)26(46-30(39)18(4)20(6)48-43)23-25(44-21(7)35)17(3)15-34(23,42)31(40)33(11,41)14-13-32(9,10)28(27)45-22(8)36/h12-14,17,20,23-28,37,41-43H,4-5,15H2,1-3,6-11H3/b14-13+,16-12-/t17-,20-,23+,24-,25-,26-,27+,28+,33+,34+/m0/s1. The molecule has 0 aliphatic heterocycles. The maximum Gasteiger partial charge on any atom is 0.336 e. The van der Waals surface area contributed by atoms with Crippen LogP contribution in [0.1, 0.15) is 68.7 Å². The summed E-state index contributed by atoms with van der Waals surface area (Å²) in [6.45, 7) is 19.6. The maximum atomic E-state index is 14.2. The Balaban J connectivity index is 3.05. The van der Waals surface area contributed by atoms with Gasteiger partial charge in [0.1, 0.15) is 41.7 Å². The molecule has 14 nitrogen and oxygen atoms in total. The zero-order valence-corrected chi connectivity index (χ0v) is 28.8. The quantitative estimate of drug-likeness (QED) is 0.0724. The van der Waals surface area contributed by atoms with Crippen LogP contribution in [0.4, 0.5) is 0 Å². The van der Waals surface area contributed by atoms with Crippen LogP contribution in [0.25, 0.3) is 0 Å². The van der Waals surface area contributed by atoms with Crippen LogP contribution >= 0.6 is 0 Å². The summed E-state index contributed by atoms with van der Waals surface area (Å²) in [4.78, 5) is 69.7. The molecule has 1 saturated carbocycles. The molecule has 0 aromatic heterocycles. The van der Waals surface area contributed by atoms with Gasteiger partial charge in [-0.1, -0.05) is 46.1 Å². The first-order valence-electron chi connectivity index (χ1n) is 15.4. The van der Waals surface area contributed by atoms with Gasteiger partial charge in [0.25, 0.3) is 0 Å². The number of rotatable bonds is 8. The second-order valence-electron chi connectivity index (χ2n) is 13.3. The highest BCUT2D eigenvalue weighted by Gasteiger charge is 2.64. The van der Waals surface area contributed by atoms with Crippen LogP contribution in [-0.2, 0) is 47.8 Å². The van der Waals surface area contributed by atoms with Gasteiger partial charge < -0.3 is 34.3 Å². The Kier molecular flexibility index (Phi) is 12.9. The molecular formula is C34H48O14. The molecule has 0 unspecified atom stereocenters. The number of ether oxygens (including phenoxy) is 4. The Hall–Kier alpha value is -3.69. The molecule has 10 atom stereocenters. The zero-order chi connectivity index (χ0) is 37.1. The first-order chi connectivity index (χ1) is 22.0. The summed E-state index contributed by atoms with van der Waals surface area (Å²) in [6.07, 6.45) is -6.50. The lowest BCUT2D eigenvalue weighted by Gasteiger charge is -2.44. The molecule has 0 spiro atoms. The molecule has 0 saturated heterocycles. The van der Waals surface area contributed by atoms with Crippen LogP contribution < -0.4 is 0 Å². The van der Waals surface area contributed by atoms with Crippen LogP contribution in [-0.4, -0.2) is 98.1 Å². The lowest BCUT2D eigenvalue weighted by Crippen LogP contribution is -2.60. The van der Waals surface area contributed by atoms with E-state index in [1.165, 1.54) is 39.8 Å². The third-order valence-corrected chi connectivity index (χ3v) is 8.94. The van der Waals surface area contributed by atoms with Crippen molar-refractivity contribution in [3.8, 4) is 0 Å². The van der Waals surface area contributed by atoms with E-state index in [4.69, 9.17) is 24.2 Å². The Morgan fingerprint density at radius 3 is 2.02 bits per heavy atom. The van der Waals surface area contributed by atoms with Crippen molar-refractivity contribution in [2.24, 2.45) is 17.3 Å². The predicted molar refractivity (Wildman–Crippen MR) is 169 cm³/mol. The number of aliphatic hydroxyl groups excluding tert-OH is 1. The van der Waals surface area contributed by atoms with E-state index in [9.17, 15) is 39.3 Å². The van der Waals surface area contributed by atoms with Crippen molar-refractivity contribution < 1.29 is 68.4 Å². The van der Waals surface area contributed by atoms with E-state index in [1.807, 2.05) is 0 Å². The summed E-state index contributed by atoms with van der Waals surface area (Å²) in [7, 11) is 0. The van der Waals surface area contributed by atoms with Crippen LogP contribution in [0.2, 0.25) is 0 Å². The van der Waals surface area contributed by atoms with E-state index in [1.54, 1.807) is 13.8 Å². The molecule has 0 bridgehead atoms. The summed E-state index contributed by atoms with van der Waals surface area (Å²) in [5.41, 5.74) is -7.20. The van der Waals surface area contributed by atoms with Crippen molar-refractivity contribution in [3.05, 3.63) is 48.1 Å². The average molecular weight is 681 g/mol. The fraction of sp³-hybridized carbons (Fsp3) is 0.618. The zero-order valence-electron chi connectivity index (χ0n) is 28.8. The van der Waals surface area contributed by atoms with Gasteiger partial charge >= 0.3 is 23.9 Å². The van der Waals surface area contributed by atoms with Gasteiger partial charge in [0.15, 0.2) is 11.9 Å². The smallest absolute Gasteiger partial charge is 0.336 e. The number of Topliss-reactive ketones (excluding diaryl/α,β-unsaturated/α-hetero) is 1. The van der Waals surface area contributed by atoms with Crippen molar-refractivity contribution >= 4 is 29.7 Å². The van der Waals surface area contributed by atoms with Crippen molar-refractivity contribution in [1.29, 1.82) is 0 Å². The molecule has 0 aromatic carbocycles. The Bertz CT molecular complexity index is 1370. The molecule has 268 valence electrons. The van der Waals surface area contributed by atoms with Gasteiger partial charge in [-0.15, -0.1) is 0 Å². The van der Waals surface area contributed by atoms with Crippen molar-refractivity contribution in [2.45, 2.75) is 117 Å². The van der Waals surface area contributed by atoms with E-state index < -0.39 is 112 Å². The van der Waals surface area contributed by atoms with E-state index in [-0.39, 0.29) is 5.57 Å². The number of fused-ring (bicyclic) bond motifs is 1. The SMILES string of the molecule is C=C(C(=O)O[C@H]1C(=C)[C@H](O)[C@@H](OC(=O)/C(C)=C\C)[C@@H](OC(C)=O)C(C)(C)/C=C/[C@@](C)(O)C(=O)[C@@]2(O)C[C@H](C)[C@H](OC(C)=O)[C@H]12)[C@H](C)OO. The number of esters is 4. The fourth-order valence-electron chi connectivity index (χ4n) is 6.03. The second kappa shape index (κ2) is 15.2. The van der Waals surface area contributed by atoms with Crippen LogP contribution in [0.3, 0.4) is 0 Å². The minimum absolute atomic E-state index is 0.119. The van der Waals surface area contributed by atoms with Gasteiger partial charge in [-0.2, -0.15) is 0 Å². The van der Waals surface area contributed by atoms with E-state index in [0.717, 1.165) is 26.8 Å². The highest BCUT2D eigenvalue weighted by molar-refractivity contribution is 5.97. The number of hydrogen-bond acceptors (Lipinski definition) is 14. The maximum absolute atomic E-state index is 14.2. The molecule has 48 heavy (non-hydrogen) atoms. The van der Waals surface area contributed by atoms with Crippen LogP contribution in [0, 0.1) is 17.3 Å². The normalized spacial score (nSPS) is 35.2. The summed E-state index contributed by atoms with van der Waals surface area (Å²) < 4.78 is 22.7. The Labute approximate surface area is 279 Å². The molecular weight excluding hydrogens is 632 g/mol. The molecule has 2 rings (SSSR count). The first-order valence-corrected chi connectivity index (χ1v) is 15.4. The molecule has 14 heteroatoms. The van der Waals surface area contributed by atoms with Gasteiger partial charge in [-0.25, -0.2) is 14.5 Å². The lowest BCUT2D eigenvalue weighted by atomic mass is 9.71. The average Bonchev–Trinajstić information content (AvgIpc) is 3.25. The third-order valence-electron chi connectivity index (χ3n) is 8.94. The first kappa shape index (κ1) is 40.5. The number of allylic oxidation sites excluding steroid dienone is 1. The molecule has 0 radical (unpaired) electrons. The van der Waals surface area contributed by atoms with E-state index in [2.05, 4.69) is 18.0 Å². The second-order valence-corrected chi connectivity index (χ2v) is 13.3. The lowest BCUT2D eigenvalue weighted by molar-refractivity contribution is -0.264. The fourth-order valence-corrected chi connectivity index (χ4v) is 6.03. The minimum atomic E-state index is -2.59. The van der Waals surface area contributed by atoms with Crippen LogP contribution in [0.15, 0.2) is 48.1 Å². The Morgan fingerprint density at radius 1 is 0.958 bits per heavy atom. The van der Waals surface area contributed by atoms with Crippen molar-refractivity contribution in [3.63, 3.8) is 0 Å². The van der Waals surface area contributed by atoms with Crippen molar-refractivity contribution in [2.75, 3.05) is 0 Å². The topological polar surface area (TPSA) is 212 Å². The molecule has 0 amide bonds. The molecule has 0 heterocycles. The summed E-state index contributed by atoms with van der Waals surface area (Å²) in [5.74, 6) is -7.50. The summed E-state index contributed by atoms with van der Waals surface area (Å²) in [6, 6.07) is 0. The number of carbonyl (C=O) groups is 5. The molecule has 1 fully saturated rings. The van der Waals surface area contributed by atoms with Gasteiger partial charge in [0.05, 0.1) is 11.5 Å². The highest BCUT2D eigenvalue weighted by Crippen LogP contribution is 2.49. The van der Waals surface area contributed by atoms with Crippen molar-refractivity contribution in [1.82, 2.24) is 0 Å². The van der Waals surface area contributed by atoms with Gasteiger partial charge in [-0.05, 0) is 51.7 Å². The molecule has 4 N–H and O–H groups in total. The molecule has 2 aliphatic carbocycles. The predicted octanol–water partition coefficient (Wildman–Crippen LogP) is 2.29. The van der Waals surface area contributed by atoms with E-state index >= 15 is 0 Å². The molecule has 2 aliphatic rings. The largest absolute Gasteiger partial charge is 0.462 e. The van der Waals surface area contributed by atoms with Crippen LogP contribution in [0.5, 0.6) is 0 Å². The molecule has 0 aromatic rings. The number of carbonyl (C=O) groups excluding carboxylic acids is 5. The van der Waals surface area contributed by atoms with E-state index in [0.29, 0.717) is 0 Å². The minimum Gasteiger partial charge on any atom is -0.462 e. The Morgan fingerprint density at radius 2 is 1.52 bits per heavy atom. The van der Waals surface area contributed by atoms with Gasteiger partial charge in [-0.3, -0.25) is 19.6 Å².